The van der Waals surface area contributed by atoms with Gasteiger partial charge in [0.1, 0.15) is 0 Å². The number of aliphatic hydroxyl groups is 1. The van der Waals surface area contributed by atoms with Crippen LogP contribution in [0.15, 0.2) is 0 Å². The predicted octanol–water partition coefficient (Wildman–Crippen LogP) is 3.20. The fraction of sp³-hybridized carbons (Fsp3) is 1.00. The highest BCUT2D eigenvalue weighted by atomic mass is 16.3. The molecule has 0 aromatic heterocycles. The zero-order valence-electron chi connectivity index (χ0n) is 11.8. The topological polar surface area (TPSA) is 23.5 Å². The van der Waals surface area contributed by atoms with Crippen molar-refractivity contribution in [2.24, 2.45) is 10.8 Å². The lowest BCUT2D eigenvalue weighted by molar-refractivity contribution is -0.0481. The number of rotatable bonds is 3. The Morgan fingerprint density at radius 1 is 0.778 bits per heavy atom. The first-order chi connectivity index (χ1) is 8.76. The molecule has 1 heterocycles. The summed E-state index contributed by atoms with van der Waals surface area (Å²) in [4.78, 5) is 2.65. The number of hydrogen-bond acceptors (Lipinski definition) is 2. The summed E-state index contributed by atoms with van der Waals surface area (Å²) in [6.07, 6.45) is 14.0. The second-order valence-corrected chi connectivity index (χ2v) is 7.42. The fourth-order valence-corrected chi connectivity index (χ4v) is 4.77. The molecular weight excluding hydrogens is 222 g/mol. The lowest BCUT2D eigenvalue weighted by atomic mass is 9.72. The summed E-state index contributed by atoms with van der Waals surface area (Å²) >= 11 is 0. The zero-order chi connectivity index (χ0) is 12.5. The highest BCUT2D eigenvalue weighted by Crippen LogP contribution is 2.46. The normalized spacial score (nSPS) is 31.2. The van der Waals surface area contributed by atoms with Gasteiger partial charge in [-0.3, -0.25) is 0 Å². The lowest BCUT2D eigenvalue weighted by Gasteiger charge is -2.53. The van der Waals surface area contributed by atoms with Gasteiger partial charge in [-0.2, -0.15) is 0 Å². The van der Waals surface area contributed by atoms with Crippen LogP contribution in [-0.2, 0) is 0 Å². The molecule has 2 heteroatoms. The van der Waals surface area contributed by atoms with Crippen LogP contribution in [0.3, 0.4) is 0 Å². The Kier molecular flexibility index (Phi) is 3.68. The van der Waals surface area contributed by atoms with Crippen molar-refractivity contribution < 1.29 is 5.11 Å². The molecular formula is C16H29NO. The second-order valence-electron chi connectivity index (χ2n) is 7.42. The average molecular weight is 251 g/mol. The quantitative estimate of drug-likeness (QED) is 0.832. The molecule has 0 radical (unpaired) electrons. The highest BCUT2D eigenvalue weighted by Gasteiger charge is 2.45. The van der Waals surface area contributed by atoms with Crippen LogP contribution in [0, 0.1) is 10.8 Å². The van der Waals surface area contributed by atoms with Crippen molar-refractivity contribution in [2.45, 2.75) is 64.2 Å². The fourth-order valence-electron chi connectivity index (χ4n) is 4.77. The molecule has 1 spiro atoms. The van der Waals surface area contributed by atoms with Gasteiger partial charge < -0.3 is 10.0 Å². The van der Waals surface area contributed by atoms with Gasteiger partial charge in [0.15, 0.2) is 0 Å². The molecule has 2 aliphatic carbocycles. The monoisotopic (exact) mass is 251 g/mol. The summed E-state index contributed by atoms with van der Waals surface area (Å²) in [5, 5.41) is 9.71. The van der Waals surface area contributed by atoms with Gasteiger partial charge in [-0.15, -0.1) is 0 Å². The highest BCUT2D eigenvalue weighted by molar-refractivity contribution is 4.99. The molecule has 0 aromatic carbocycles. The molecule has 3 fully saturated rings. The predicted molar refractivity (Wildman–Crippen MR) is 74.6 cm³/mol. The van der Waals surface area contributed by atoms with Crippen LogP contribution >= 0.6 is 0 Å². The minimum absolute atomic E-state index is 0.270. The molecule has 2 nitrogen and oxygen atoms in total. The molecule has 0 bridgehead atoms. The van der Waals surface area contributed by atoms with E-state index in [1.807, 2.05) is 0 Å². The van der Waals surface area contributed by atoms with Gasteiger partial charge in [-0.25, -0.2) is 0 Å². The van der Waals surface area contributed by atoms with Crippen LogP contribution in [-0.4, -0.2) is 36.2 Å². The largest absolute Gasteiger partial charge is 0.396 e. The molecule has 18 heavy (non-hydrogen) atoms. The van der Waals surface area contributed by atoms with Gasteiger partial charge in [0.2, 0.25) is 0 Å². The van der Waals surface area contributed by atoms with Gasteiger partial charge in [-0.1, -0.05) is 38.5 Å². The van der Waals surface area contributed by atoms with Crippen molar-refractivity contribution in [1.82, 2.24) is 4.90 Å². The minimum Gasteiger partial charge on any atom is -0.396 e. The molecule has 104 valence electrons. The number of nitrogens with zero attached hydrogens (tertiary/aromatic N) is 1. The summed E-state index contributed by atoms with van der Waals surface area (Å²) in [7, 11) is 0. The van der Waals surface area contributed by atoms with Crippen molar-refractivity contribution in [3.05, 3.63) is 0 Å². The third kappa shape index (κ3) is 2.46. The summed E-state index contributed by atoms with van der Waals surface area (Å²) in [6.45, 7) is 4.24. The Hall–Kier alpha value is -0.0800. The third-order valence-electron chi connectivity index (χ3n) is 5.84. The van der Waals surface area contributed by atoms with Crippen LogP contribution < -0.4 is 0 Å². The first-order valence-corrected chi connectivity index (χ1v) is 8.09. The molecule has 2 saturated carbocycles. The summed E-state index contributed by atoms with van der Waals surface area (Å²) in [5.41, 5.74) is 0.956. The maximum absolute atomic E-state index is 9.71. The van der Waals surface area contributed by atoms with Crippen LogP contribution in [0.2, 0.25) is 0 Å². The smallest absolute Gasteiger partial charge is 0.0499 e. The average Bonchev–Trinajstić information content (AvgIpc) is 2.66. The molecule has 1 N–H and O–H groups in total. The van der Waals surface area contributed by atoms with E-state index in [0.717, 1.165) is 0 Å². The van der Waals surface area contributed by atoms with Crippen LogP contribution in [0.1, 0.15) is 64.2 Å². The van der Waals surface area contributed by atoms with E-state index in [-0.39, 0.29) is 5.41 Å². The Bertz CT molecular complexity index is 267. The van der Waals surface area contributed by atoms with Crippen molar-refractivity contribution in [3.63, 3.8) is 0 Å². The second kappa shape index (κ2) is 5.13. The SMILES string of the molecule is OCC1(CN2CC3(CCCCCC3)C2)CCCC1. The molecule has 0 unspecified atom stereocenters. The molecule has 0 atom stereocenters. The molecule has 0 aromatic rings. The van der Waals surface area contributed by atoms with Crippen LogP contribution in [0.4, 0.5) is 0 Å². The molecule has 1 aliphatic heterocycles. The van der Waals surface area contributed by atoms with E-state index in [1.165, 1.54) is 83.8 Å². The molecule has 3 rings (SSSR count). The van der Waals surface area contributed by atoms with E-state index < -0.39 is 0 Å². The Morgan fingerprint density at radius 3 is 1.89 bits per heavy atom. The van der Waals surface area contributed by atoms with Crippen LogP contribution in [0.5, 0.6) is 0 Å². The van der Waals surface area contributed by atoms with Crippen molar-refractivity contribution in [2.75, 3.05) is 26.2 Å². The van der Waals surface area contributed by atoms with E-state index in [4.69, 9.17) is 0 Å². The van der Waals surface area contributed by atoms with E-state index in [1.54, 1.807) is 0 Å². The Morgan fingerprint density at radius 2 is 1.33 bits per heavy atom. The molecule has 1 saturated heterocycles. The lowest BCUT2D eigenvalue weighted by Crippen LogP contribution is -2.58. The van der Waals surface area contributed by atoms with Crippen molar-refractivity contribution in [1.29, 1.82) is 0 Å². The van der Waals surface area contributed by atoms with Crippen LogP contribution in [0.25, 0.3) is 0 Å². The summed E-state index contributed by atoms with van der Waals surface area (Å²) in [6, 6.07) is 0. The third-order valence-corrected chi connectivity index (χ3v) is 5.84. The minimum atomic E-state index is 0.270. The molecule has 0 amide bonds. The summed E-state index contributed by atoms with van der Waals surface area (Å²) < 4.78 is 0. The maximum Gasteiger partial charge on any atom is 0.0499 e. The Balaban J connectivity index is 1.52. The zero-order valence-corrected chi connectivity index (χ0v) is 11.8. The van der Waals surface area contributed by atoms with E-state index >= 15 is 0 Å². The Labute approximate surface area is 112 Å². The van der Waals surface area contributed by atoms with Crippen molar-refractivity contribution in [3.8, 4) is 0 Å². The van der Waals surface area contributed by atoms with E-state index in [2.05, 4.69) is 4.90 Å². The maximum atomic E-state index is 9.71. The van der Waals surface area contributed by atoms with Crippen molar-refractivity contribution >= 4 is 0 Å². The van der Waals surface area contributed by atoms with E-state index in [0.29, 0.717) is 12.0 Å². The summed E-state index contributed by atoms with van der Waals surface area (Å²) in [5.74, 6) is 0. The van der Waals surface area contributed by atoms with Gasteiger partial charge in [0, 0.05) is 31.7 Å². The van der Waals surface area contributed by atoms with E-state index in [9.17, 15) is 5.11 Å². The van der Waals surface area contributed by atoms with Gasteiger partial charge in [0.25, 0.3) is 0 Å². The molecule has 3 aliphatic rings. The standard InChI is InChI=1S/C16H29NO/c18-14-16(9-5-6-10-16)13-17-11-15(12-17)7-3-1-2-4-8-15/h18H,1-14H2. The van der Waals surface area contributed by atoms with Gasteiger partial charge in [0.05, 0.1) is 0 Å². The number of hydrogen-bond donors (Lipinski definition) is 1. The van der Waals surface area contributed by atoms with Gasteiger partial charge >= 0.3 is 0 Å². The van der Waals surface area contributed by atoms with Gasteiger partial charge in [-0.05, 0) is 31.1 Å². The first kappa shape index (κ1) is 12.9. The first-order valence-electron chi connectivity index (χ1n) is 8.09. The number of likely N-dealkylation sites (tertiary alicyclic amines) is 1. The number of aliphatic hydroxyl groups excluding tert-OH is 1.